The van der Waals surface area contributed by atoms with Gasteiger partial charge in [0, 0.05) is 25.2 Å². The first kappa shape index (κ1) is 11.7. The van der Waals surface area contributed by atoms with Crippen molar-refractivity contribution in [3.05, 3.63) is 35.5 Å². The molecule has 0 amide bonds. The molecular formula is C13H16N2O2. The molecule has 2 rings (SSSR count). The lowest BCUT2D eigenvalue weighted by Crippen LogP contribution is -2.21. The summed E-state index contributed by atoms with van der Waals surface area (Å²) < 4.78 is 2.03. The third-order valence-corrected chi connectivity index (χ3v) is 3.12. The highest BCUT2D eigenvalue weighted by atomic mass is 16.4. The molecule has 0 aliphatic carbocycles. The molecule has 1 aromatic heterocycles. The van der Waals surface area contributed by atoms with E-state index in [9.17, 15) is 4.79 Å². The van der Waals surface area contributed by atoms with E-state index in [2.05, 4.69) is 0 Å². The molecule has 0 saturated heterocycles. The second-order valence-corrected chi connectivity index (χ2v) is 4.33. The molecule has 3 N–H and O–H groups in total. The first-order chi connectivity index (χ1) is 8.04. The van der Waals surface area contributed by atoms with Gasteiger partial charge in [-0.2, -0.15) is 0 Å². The van der Waals surface area contributed by atoms with E-state index in [1.165, 1.54) is 0 Å². The van der Waals surface area contributed by atoms with E-state index in [0.717, 1.165) is 22.0 Å². The number of carbonyl (C=O) groups is 1. The predicted molar refractivity (Wildman–Crippen MR) is 67.1 cm³/mol. The summed E-state index contributed by atoms with van der Waals surface area (Å²) in [4.78, 5) is 11.1. The molecule has 0 fully saturated rings. The van der Waals surface area contributed by atoms with Gasteiger partial charge in [0.05, 0.1) is 11.4 Å². The second kappa shape index (κ2) is 4.22. The van der Waals surface area contributed by atoms with Gasteiger partial charge in [-0.15, -0.1) is 0 Å². The predicted octanol–water partition coefficient (Wildman–Crippen LogP) is 1.61. The number of carboxylic acid groups (broad SMARTS) is 1. The average Bonchev–Trinajstić information content (AvgIpc) is 2.61. The minimum atomic E-state index is -0.873. The van der Waals surface area contributed by atoms with Crippen LogP contribution in [-0.4, -0.2) is 22.2 Å². The fourth-order valence-electron chi connectivity index (χ4n) is 2.29. The van der Waals surface area contributed by atoms with Crippen molar-refractivity contribution in [2.45, 2.75) is 12.8 Å². The van der Waals surface area contributed by atoms with Crippen LogP contribution in [0.5, 0.6) is 0 Å². The third-order valence-electron chi connectivity index (χ3n) is 3.12. The summed E-state index contributed by atoms with van der Waals surface area (Å²) in [6, 6.07) is 5.81. The number of aromatic nitrogens is 1. The maximum Gasteiger partial charge on any atom is 0.312 e. The number of rotatable bonds is 3. The average molecular weight is 232 g/mol. The first-order valence-corrected chi connectivity index (χ1v) is 5.53. The van der Waals surface area contributed by atoms with Crippen molar-refractivity contribution in [3.63, 3.8) is 0 Å². The number of hydrogen-bond acceptors (Lipinski definition) is 2. The molecule has 4 nitrogen and oxygen atoms in total. The van der Waals surface area contributed by atoms with Gasteiger partial charge >= 0.3 is 5.97 Å². The molecule has 0 aliphatic rings. The van der Waals surface area contributed by atoms with Gasteiger partial charge in [0.25, 0.3) is 0 Å². The van der Waals surface area contributed by atoms with Crippen molar-refractivity contribution >= 4 is 16.9 Å². The fraction of sp³-hybridized carbons (Fsp3) is 0.308. The number of hydrogen-bond donors (Lipinski definition) is 2. The van der Waals surface area contributed by atoms with Crippen LogP contribution in [0, 0.1) is 6.92 Å². The maximum atomic E-state index is 11.1. The van der Waals surface area contributed by atoms with Gasteiger partial charge in [0.2, 0.25) is 0 Å². The maximum absolute atomic E-state index is 11.1. The molecule has 2 aromatic rings. The van der Waals surface area contributed by atoms with Gasteiger partial charge in [-0.25, -0.2) is 0 Å². The molecule has 0 aliphatic heterocycles. The highest BCUT2D eigenvalue weighted by molar-refractivity contribution is 5.86. The Labute approximate surface area is 99.7 Å². The van der Waals surface area contributed by atoms with Crippen LogP contribution in [-0.2, 0) is 11.8 Å². The lowest BCUT2D eigenvalue weighted by atomic mass is 9.96. The summed E-state index contributed by atoms with van der Waals surface area (Å²) >= 11 is 0. The van der Waals surface area contributed by atoms with Crippen LogP contribution < -0.4 is 5.73 Å². The number of nitrogens with zero attached hydrogens (tertiary/aromatic N) is 1. The monoisotopic (exact) mass is 232 g/mol. The van der Waals surface area contributed by atoms with Gasteiger partial charge in [0.1, 0.15) is 0 Å². The van der Waals surface area contributed by atoms with Crippen molar-refractivity contribution in [1.29, 1.82) is 0 Å². The van der Waals surface area contributed by atoms with Crippen LogP contribution in [0.25, 0.3) is 10.9 Å². The SMILES string of the molecule is Cc1cc(C(CN)C(=O)O)cc2ccn(C)c12. The van der Waals surface area contributed by atoms with Crippen molar-refractivity contribution in [2.24, 2.45) is 12.8 Å². The number of carboxylic acids is 1. The Morgan fingerprint density at radius 3 is 2.82 bits per heavy atom. The summed E-state index contributed by atoms with van der Waals surface area (Å²) in [7, 11) is 1.98. The minimum Gasteiger partial charge on any atom is -0.481 e. The Balaban J connectivity index is 2.61. The Hall–Kier alpha value is -1.81. The lowest BCUT2D eigenvalue weighted by molar-refractivity contribution is -0.138. The molecule has 0 spiro atoms. The zero-order chi connectivity index (χ0) is 12.6. The Kier molecular flexibility index (Phi) is 2.90. The summed E-state index contributed by atoms with van der Waals surface area (Å²) in [6.45, 7) is 2.11. The lowest BCUT2D eigenvalue weighted by Gasteiger charge is -2.12. The summed E-state index contributed by atoms with van der Waals surface area (Å²) in [6.07, 6.45) is 1.97. The topological polar surface area (TPSA) is 68.2 Å². The van der Waals surface area contributed by atoms with E-state index in [1.807, 2.05) is 42.9 Å². The minimum absolute atomic E-state index is 0.118. The normalized spacial score (nSPS) is 12.9. The van der Waals surface area contributed by atoms with Gasteiger partial charge in [0.15, 0.2) is 0 Å². The van der Waals surface area contributed by atoms with Crippen molar-refractivity contribution < 1.29 is 9.90 Å². The quantitative estimate of drug-likeness (QED) is 0.844. The fourth-order valence-corrected chi connectivity index (χ4v) is 2.29. The van der Waals surface area contributed by atoms with Crippen molar-refractivity contribution in [3.8, 4) is 0 Å². The Morgan fingerprint density at radius 2 is 2.24 bits per heavy atom. The third kappa shape index (κ3) is 1.91. The van der Waals surface area contributed by atoms with E-state index in [1.54, 1.807) is 0 Å². The van der Waals surface area contributed by atoms with E-state index in [-0.39, 0.29) is 6.54 Å². The molecule has 0 radical (unpaired) electrons. The van der Waals surface area contributed by atoms with E-state index < -0.39 is 11.9 Å². The molecule has 1 heterocycles. The molecule has 1 atom stereocenters. The van der Waals surface area contributed by atoms with E-state index in [0.29, 0.717) is 0 Å². The molecular weight excluding hydrogens is 216 g/mol. The van der Waals surface area contributed by atoms with Gasteiger partial charge in [-0.05, 0) is 30.2 Å². The van der Waals surface area contributed by atoms with E-state index in [4.69, 9.17) is 10.8 Å². The number of nitrogens with two attached hydrogens (primary N) is 1. The van der Waals surface area contributed by atoms with Crippen LogP contribution in [0.3, 0.4) is 0 Å². The van der Waals surface area contributed by atoms with Gasteiger partial charge in [-0.1, -0.05) is 6.07 Å². The molecule has 0 bridgehead atoms. The van der Waals surface area contributed by atoms with Crippen molar-refractivity contribution in [1.82, 2.24) is 4.57 Å². The number of aliphatic carboxylic acids is 1. The van der Waals surface area contributed by atoms with Crippen LogP contribution in [0.1, 0.15) is 17.0 Å². The molecule has 90 valence electrons. The second-order valence-electron chi connectivity index (χ2n) is 4.33. The van der Waals surface area contributed by atoms with Crippen molar-refractivity contribution in [2.75, 3.05) is 6.54 Å². The van der Waals surface area contributed by atoms with Gasteiger partial charge in [-0.3, -0.25) is 4.79 Å². The largest absolute Gasteiger partial charge is 0.481 e. The summed E-state index contributed by atoms with van der Waals surface area (Å²) in [5, 5.41) is 10.2. The summed E-state index contributed by atoms with van der Waals surface area (Å²) in [5.74, 6) is -1.50. The number of benzene rings is 1. The van der Waals surface area contributed by atoms with Crippen LogP contribution in [0.2, 0.25) is 0 Å². The Bertz CT molecular complexity index is 572. The number of fused-ring (bicyclic) bond motifs is 1. The highest BCUT2D eigenvalue weighted by Crippen LogP contribution is 2.25. The Morgan fingerprint density at radius 1 is 1.53 bits per heavy atom. The molecule has 17 heavy (non-hydrogen) atoms. The molecule has 1 unspecified atom stereocenters. The zero-order valence-corrected chi connectivity index (χ0v) is 9.97. The van der Waals surface area contributed by atoms with Crippen LogP contribution in [0.4, 0.5) is 0 Å². The number of aryl methyl sites for hydroxylation is 2. The molecule has 1 aromatic carbocycles. The molecule has 4 heteroatoms. The standard InChI is InChI=1S/C13H16N2O2/c1-8-5-10(11(7-14)13(16)17)6-9-3-4-15(2)12(8)9/h3-6,11H,7,14H2,1-2H3,(H,16,17). The smallest absolute Gasteiger partial charge is 0.312 e. The zero-order valence-electron chi connectivity index (χ0n) is 9.97. The van der Waals surface area contributed by atoms with Crippen LogP contribution in [0.15, 0.2) is 24.4 Å². The highest BCUT2D eigenvalue weighted by Gasteiger charge is 2.19. The van der Waals surface area contributed by atoms with Gasteiger partial charge < -0.3 is 15.4 Å². The first-order valence-electron chi connectivity index (χ1n) is 5.53. The van der Waals surface area contributed by atoms with Crippen LogP contribution >= 0.6 is 0 Å². The molecule has 0 saturated carbocycles. The summed E-state index contributed by atoms with van der Waals surface area (Å²) in [5.41, 5.74) is 8.50. The van der Waals surface area contributed by atoms with E-state index >= 15 is 0 Å².